The second-order valence-corrected chi connectivity index (χ2v) is 13.8. The van der Waals surface area contributed by atoms with Crippen molar-refractivity contribution in [2.24, 2.45) is 5.92 Å². The molecule has 1 aliphatic heterocycles. The molecular formula is C41H46F3N3O5. The van der Waals surface area contributed by atoms with Gasteiger partial charge in [0.15, 0.2) is 5.75 Å². The molecule has 3 atom stereocenters. The van der Waals surface area contributed by atoms with E-state index in [1.807, 2.05) is 38.2 Å². The van der Waals surface area contributed by atoms with Gasteiger partial charge in [-0.25, -0.2) is 0 Å². The van der Waals surface area contributed by atoms with Crippen molar-refractivity contribution in [2.45, 2.75) is 65.6 Å². The molecule has 4 aromatic carbocycles. The molecule has 1 aliphatic rings. The molecule has 1 heterocycles. The maximum atomic E-state index is 13.8. The summed E-state index contributed by atoms with van der Waals surface area (Å²) in [4.78, 5) is 30.8. The average Bonchev–Trinajstić information content (AvgIpc) is 3.09. The first-order valence-electron chi connectivity index (χ1n) is 17.3. The van der Waals surface area contributed by atoms with Crippen molar-refractivity contribution < 1.29 is 37.3 Å². The van der Waals surface area contributed by atoms with Crippen molar-refractivity contribution in [1.82, 2.24) is 9.80 Å². The summed E-state index contributed by atoms with van der Waals surface area (Å²) < 4.78 is 51.8. The fourth-order valence-corrected chi connectivity index (χ4v) is 6.44. The van der Waals surface area contributed by atoms with Crippen molar-refractivity contribution in [3.63, 3.8) is 0 Å². The highest BCUT2D eigenvalue weighted by molar-refractivity contribution is 6.02. The number of amides is 2. The number of rotatable bonds is 12. The van der Waals surface area contributed by atoms with Crippen LogP contribution >= 0.6 is 0 Å². The van der Waals surface area contributed by atoms with Crippen LogP contribution in [0, 0.1) is 19.8 Å². The van der Waals surface area contributed by atoms with Crippen LogP contribution in [0.2, 0.25) is 0 Å². The van der Waals surface area contributed by atoms with Gasteiger partial charge in [-0.1, -0.05) is 66.6 Å². The third-order valence-corrected chi connectivity index (χ3v) is 9.17. The van der Waals surface area contributed by atoms with Gasteiger partial charge in [-0.3, -0.25) is 14.5 Å². The molecule has 4 aromatic rings. The molecule has 0 saturated heterocycles. The Bertz CT molecular complexity index is 1830. The largest absolute Gasteiger partial charge is 0.489 e. The Morgan fingerprint density at radius 2 is 1.65 bits per heavy atom. The molecule has 0 fully saturated rings. The molecule has 0 radical (unpaired) electrons. The Balaban J connectivity index is 1.30. The summed E-state index contributed by atoms with van der Waals surface area (Å²) in [6, 6.07) is 23.2. The Morgan fingerprint density at radius 3 is 2.29 bits per heavy atom. The van der Waals surface area contributed by atoms with E-state index in [1.165, 1.54) is 23.3 Å². The van der Waals surface area contributed by atoms with Crippen LogP contribution in [0.3, 0.4) is 0 Å². The van der Waals surface area contributed by atoms with Crippen LogP contribution in [0.15, 0.2) is 84.9 Å². The standard InChI is InChI=1S/C41H46F3N3O5/c1-26-17-27(2)19-32(18-26)25-51-34-15-11-31(12-16-34)22-46(5)23-37-28(3)21-47(29(4)24-48)40(50)35-7-6-8-36(39(35)52-37)45-38(49)20-30-9-13-33(14-10-30)41(42,43)44/h6-19,28-29,37,48H,20-25H2,1-5H3,(H,45,49)/t28-,29+,37-/m1/s1. The van der Waals surface area contributed by atoms with Crippen molar-refractivity contribution in [3.05, 3.63) is 124 Å². The van der Waals surface area contributed by atoms with Gasteiger partial charge >= 0.3 is 6.18 Å². The van der Waals surface area contributed by atoms with Gasteiger partial charge in [-0.15, -0.1) is 0 Å². The zero-order valence-corrected chi connectivity index (χ0v) is 30.2. The monoisotopic (exact) mass is 717 g/mol. The molecule has 5 rings (SSSR count). The zero-order chi connectivity index (χ0) is 37.6. The molecule has 0 unspecified atom stereocenters. The summed E-state index contributed by atoms with van der Waals surface area (Å²) in [6.45, 7) is 9.59. The number of alkyl halides is 3. The third-order valence-electron chi connectivity index (χ3n) is 9.17. The second-order valence-electron chi connectivity index (χ2n) is 13.8. The molecule has 52 heavy (non-hydrogen) atoms. The fraction of sp³-hybridized carbons (Fsp3) is 0.366. The number of benzene rings is 4. The second kappa shape index (κ2) is 16.6. The molecule has 2 N–H and O–H groups in total. The minimum Gasteiger partial charge on any atom is -0.489 e. The van der Waals surface area contributed by atoms with Crippen molar-refractivity contribution in [1.29, 1.82) is 0 Å². The van der Waals surface area contributed by atoms with Gasteiger partial charge in [0, 0.05) is 25.6 Å². The number of likely N-dealkylation sites (N-methyl/N-ethyl adjacent to an activating group) is 1. The summed E-state index contributed by atoms with van der Waals surface area (Å²) in [5, 5.41) is 12.8. The highest BCUT2D eigenvalue weighted by Crippen LogP contribution is 2.35. The van der Waals surface area contributed by atoms with Gasteiger partial charge in [-0.05, 0) is 80.9 Å². The maximum absolute atomic E-state index is 13.8. The van der Waals surface area contributed by atoms with E-state index in [0.29, 0.717) is 31.8 Å². The minimum absolute atomic E-state index is 0.162. The Hall–Kier alpha value is -4.87. The lowest BCUT2D eigenvalue weighted by Gasteiger charge is -2.38. The van der Waals surface area contributed by atoms with Crippen LogP contribution in [-0.4, -0.2) is 65.6 Å². The minimum atomic E-state index is -4.48. The maximum Gasteiger partial charge on any atom is 0.416 e. The molecule has 8 nitrogen and oxygen atoms in total. The van der Waals surface area contributed by atoms with Gasteiger partial charge in [0.25, 0.3) is 5.91 Å². The summed E-state index contributed by atoms with van der Waals surface area (Å²) in [7, 11) is 1.98. The number of halogens is 3. The van der Waals surface area contributed by atoms with E-state index in [0.717, 1.165) is 29.0 Å². The molecule has 0 bridgehead atoms. The molecular weight excluding hydrogens is 671 g/mol. The van der Waals surface area contributed by atoms with Crippen LogP contribution in [0.1, 0.15) is 57.6 Å². The lowest BCUT2D eigenvalue weighted by molar-refractivity contribution is -0.137. The number of hydrogen-bond acceptors (Lipinski definition) is 6. The SMILES string of the molecule is Cc1cc(C)cc(COc2ccc(CN(C)C[C@H]3Oc4c(NC(=O)Cc5ccc(C(F)(F)F)cc5)cccc4C(=O)N([C@@H](C)CO)C[C@H]3C)cc2)c1. The van der Waals surface area contributed by atoms with E-state index in [4.69, 9.17) is 9.47 Å². The molecule has 2 amide bonds. The first-order chi connectivity index (χ1) is 24.7. The number of aliphatic hydroxyl groups is 1. The summed E-state index contributed by atoms with van der Waals surface area (Å²) in [6.07, 6.45) is -5.07. The predicted molar refractivity (Wildman–Crippen MR) is 194 cm³/mol. The highest BCUT2D eigenvalue weighted by atomic mass is 19.4. The highest BCUT2D eigenvalue weighted by Gasteiger charge is 2.35. The van der Waals surface area contributed by atoms with Crippen LogP contribution in [0.25, 0.3) is 0 Å². The average molecular weight is 718 g/mol. The quantitative estimate of drug-likeness (QED) is 0.159. The van der Waals surface area contributed by atoms with E-state index in [2.05, 4.69) is 42.3 Å². The Labute approximate surface area is 303 Å². The first kappa shape index (κ1) is 38.4. The molecule has 276 valence electrons. The predicted octanol–water partition coefficient (Wildman–Crippen LogP) is 7.43. The molecule has 0 saturated carbocycles. The number of nitrogens with one attached hydrogen (secondary N) is 1. The van der Waals surface area contributed by atoms with Crippen LogP contribution < -0.4 is 14.8 Å². The van der Waals surface area contributed by atoms with Gasteiger partial charge in [-0.2, -0.15) is 13.2 Å². The number of nitrogens with zero attached hydrogens (tertiary/aromatic N) is 2. The van der Waals surface area contributed by atoms with E-state index in [-0.39, 0.29) is 41.9 Å². The number of para-hydroxylation sites is 1. The number of carbonyl (C=O) groups excluding carboxylic acids is 2. The summed E-state index contributed by atoms with van der Waals surface area (Å²) >= 11 is 0. The number of fused-ring (bicyclic) bond motifs is 1. The number of hydrogen-bond donors (Lipinski definition) is 2. The van der Waals surface area contributed by atoms with Crippen molar-refractivity contribution >= 4 is 17.5 Å². The van der Waals surface area contributed by atoms with E-state index < -0.39 is 29.8 Å². The number of carbonyl (C=O) groups is 2. The summed E-state index contributed by atoms with van der Waals surface area (Å²) in [5.74, 6) is 0.00262. The molecule has 0 aromatic heterocycles. The van der Waals surface area contributed by atoms with Crippen molar-refractivity contribution in [3.8, 4) is 11.5 Å². The lowest BCUT2D eigenvalue weighted by atomic mass is 9.98. The van der Waals surface area contributed by atoms with Gasteiger partial charge in [0.1, 0.15) is 18.5 Å². The molecule has 11 heteroatoms. The number of aliphatic hydroxyl groups excluding tert-OH is 1. The first-order valence-corrected chi connectivity index (χ1v) is 17.3. The zero-order valence-electron chi connectivity index (χ0n) is 30.2. The normalized spacial score (nSPS) is 16.8. The topological polar surface area (TPSA) is 91.3 Å². The number of aryl methyl sites for hydroxylation is 2. The third kappa shape index (κ3) is 9.92. The van der Waals surface area contributed by atoms with Gasteiger partial charge in [0.05, 0.1) is 35.9 Å². The Morgan fingerprint density at radius 1 is 1.00 bits per heavy atom. The van der Waals surface area contributed by atoms with Gasteiger partial charge in [0.2, 0.25) is 5.91 Å². The van der Waals surface area contributed by atoms with Crippen molar-refractivity contribution in [2.75, 3.05) is 32.1 Å². The van der Waals surface area contributed by atoms with Crippen LogP contribution in [0.5, 0.6) is 11.5 Å². The van der Waals surface area contributed by atoms with E-state index in [1.54, 1.807) is 30.0 Å². The van der Waals surface area contributed by atoms with Crippen LogP contribution in [0.4, 0.5) is 18.9 Å². The number of anilines is 1. The number of ether oxygens (including phenoxy) is 2. The smallest absolute Gasteiger partial charge is 0.416 e. The van der Waals surface area contributed by atoms with E-state index >= 15 is 0 Å². The fourth-order valence-electron chi connectivity index (χ4n) is 6.44. The molecule has 0 spiro atoms. The molecule has 0 aliphatic carbocycles. The summed E-state index contributed by atoms with van der Waals surface area (Å²) in [5.41, 5.74) is 4.70. The lowest BCUT2D eigenvalue weighted by Crippen LogP contribution is -2.49. The van der Waals surface area contributed by atoms with Gasteiger partial charge < -0.3 is 24.8 Å². The van der Waals surface area contributed by atoms with Crippen LogP contribution in [-0.2, 0) is 30.5 Å². The Kier molecular flexibility index (Phi) is 12.3. The van der Waals surface area contributed by atoms with E-state index in [9.17, 15) is 27.9 Å².